The van der Waals surface area contributed by atoms with E-state index in [0.717, 1.165) is 16.9 Å². The molecule has 3 nitrogen and oxygen atoms in total. The van der Waals surface area contributed by atoms with Crippen LogP contribution in [-0.4, -0.2) is 9.55 Å². The van der Waals surface area contributed by atoms with Crippen LogP contribution in [0, 0.1) is 6.92 Å². The molecule has 0 N–H and O–H groups in total. The monoisotopic (exact) mass is 272 g/mol. The lowest BCUT2D eigenvalue weighted by Crippen LogP contribution is -2.40. The van der Waals surface area contributed by atoms with E-state index in [4.69, 9.17) is 4.98 Å². The second kappa shape index (κ2) is 4.44. The van der Waals surface area contributed by atoms with E-state index >= 15 is 0 Å². The first-order valence-corrected chi connectivity index (χ1v) is 7.06. The first-order valence-electron chi connectivity index (χ1n) is 7.06. The van der Waals surface area contributed by atoms with E-state index in [1.54, 1.807) is 0 Å². The van der Waals surface area contributed by atoms with Crippen LogP contribution in [0.2, 0.25) is 0 Å². The highest BCUT2D eigenvalue weighted by Crippen LogP contribution is 2.26. The summed E-state index contributed by atoms with van der Waals surface area (Å²) in [6, 6.07) is 5.87. The number of aromatic nitrogens is 2. The minimum Gasteiger partial charge on any atom is -0.290 e. The third-order valence-electron chi connectivity index (χ3n) is 3.37. The van der Waals surface area contributed by atoms with Gasteiger partial charge in [0, 0.05) is 11.0 Å². The predicted octanol–water partition coefficient (Wildman–Crippen LogP) is 3.76. The summed E-state index contributed by atoms with van der Waals surface area (Å²) >= 11 is 0. The summed E-state index contributed by atoms with van der Waals surface area (Å²) in [6.07, 6.45) is 0. The number of benzene rings is 1. The van der Waals surface area contributed by atoms with Crippen LogP contribution >= 0.6 is 0 Å². The molecule has 1 aromatic carbocycles. The summed E-state index contributed by atoms with van der Waals surface area (Å²) in [5.74, 6) is 0.839. The number of hydrogen-bond acceptors (Lipinski definition) is 2. The fourth-order valence-electron chi connectivity index (χ4n) is 2.42. The average molecular weight is 272 g/mol. The van der Waals surface area contributed by atoms with Crippen molar-refractivity contribution >= 4 is 10.9 Å². The number of fused-ring (bicyclic) bond motifs is 1. The maximum absolute atomic E-state index is 12.9. The van der Waals surface area contributed by atoms with E-state index in [-0.39, 0.29) is 16.5 Å². The van der Waals surface area contributed by atoms with Crippen LogP contribution in [0.1, 0.15) is 52.9 Å². The highest BCUT2D eigenvalue weighted by molar-refractivity contribution is 5.78. The zero-order chi connectivity index (χ0) is 15.3. The third kappa shape index (κ3) is 2.49. The van der Waals surface area contributed by atoms with Gasteiger partial charge in [0.25, 0.3) is 5.56 Å². The maximum Gasteiger partial charge on any atom is 0.261 e. The molecule has 0 atom stereocenters. The Morgan fingerprint density at radius 3 is 2.15 bits per heavy atom. The maximum atomic E-state index is 12.9. The Balaban J connectivity index is 3.00. The Kier molecular flexibility index (Phi) is 3.28. The van der Waals surface area contributed by atoms with Gasteiger partial charge < -0.3 is 0 Å². The molecule has 0 bridgehead atoms. The lowest BCUT2D eigenvalue weighted by atomic mass is 9.93. The Morgan fingerprint density at radius 2 is 1.65 bits per heavy atom. The third-order valence-corrected chi connectivity index (χ3v) is 3.37. The Bertz CT molecular complexity index is 713. The van der Waals surface area contributed by atoms with E-state index in [1.807, 2.05) is 50.5 Å². The van der Waals surface area contributed by atoms with E-state index < -0.39 is 0 Å². The van der Waals surface area contributed by atoms with Gasteiger partial charge in [-0.2, -0.15) is 0 Å². The summed E-state index contributed by atoms with van der Waals surface area (Å²) in [4.78, 5) is 17.7. The molecule has 2 rings (SSSR count). The standard InChI is InChI=1S/C17H24N2O/c1-11-8-9-13-12(10-11)14(20)19(17(5,6)7)15(18-13)16(2,3)4/h8-10H,1-7H3. The molecular formula is C17H24N2O. The molecule has 0 saturated heterocycles. The van der Waals surface area contributed by atoms with Crippen molar-refractivity contribution in [2.75, 3.05) is 0 Å². The van der Waals surface area contributed by atoms with Crippen molar-refractivity contribution in [1.82, 2.24) is 9.55 Å². The van der Waals surface area contributed by atoms with Gasteiger partial charge in [-0.25, -0.2) is 4.98 Å². The van der Waals surface area contributed by atoms with Gasteiger partial charge >= 0.3 is 0 Å². The molecule has 0 aliphatic heterocycles. The van der Waals surface area contributed by atoms with Gasteiger partial charge in [0.2, 0.25) is 0 Å². The fraction of sp³-hybridized carbons (Fsp3) is 0.529. The molecule has 0 radical (unpaired) electrons. The molecule has 0 fully saturated rings. The smallest absolute Gasteiger partial charge is 0.261 e. The summed E-state index contributed by atoms with van der Waals surface area (Å²) in [6.45, 7) is 14.4. The molecule has 0 saturated carbocycles. The van der Waals surface area contributed by atoms with E-state index in [1.165, 1.54) is 0 Å². The van der Waals surface area contributed by atoms with Gasteiger partial charge in [-0.3, -0.25) is 9.36 Å². The largest absolute Gasteiger partial charge is 0.290 e. The molecule has 0 aliphatic rings. The molecule has 0 amide bonds. The first-order chi connectivity index (χ1) is 9.01. The zero-order valence-electron chi connectivity index (χ0n) is 13.5. The molecule has 3 heteroatoms. The van der Waals surface area contributed by atoms with Gasteiger partial charge in [-0.15, -0.1) is 0 Å². The molecule has 0 unspecified atom stereocenters. The molecule has 108 valence electrons. The van der Waals surface area contributed by atoms with Crippen molar-refractivity contribution in [3.63, 3.8) is 0 Å². The summed E-state index contributed by atoms with van der Waals surface area (Å²) in [5, 5.41) is 0.702. The Labute approximate surface area is 120 Å². The van der Waals surface area contributed by atoms with Crippen LogP contribution < -0.4 is 5.56 Å². The van der Waals surface area contributed by atoms with Crippen LogP contribution in [0.5, 0.6) is 0 Å². The number of rotatable bonds is 0. The normalized spacial score (nSPS) is 12.9. The van der Waals surface area contributed by atoms with Crippen LogP contribution in [0.3, 0.4) is 0 Å². The molecule has 20 heavy (non-hydrogen) atoms. The van der Waals surface area contributed by atoms with Crippen molar-refractivity contribution in [1.29, 1.82) is 0 Å². The number of nitrogens with zero attached hydrogens (tertiary/aromatic N) is 2. The van der Waals surface area contributed by atoms with Crippen molar-refractivity contribution in [3.8, 4) is 0 Å². The SMILES string of the molecule is Cc1ccc2nc(C(C)(C)C)n(C(C)(C)C)c(=O)c2c1. The second-order valence-electron chi connectivity index (χ2n) is 7.52. The van der Waals surface area contributed by atoms with Gasteiger partial charge in [0.05, 0.1) is 10.9 Å². The first kappa shape index (κ1) is 14.8. The molecular weight excluding hydrogens is 248 g/mol. The fourth-order valence-corrected chi connectivity index (χ4v) is 2.42. The minimum atomic E-state index is -0.287. The van der Waals surface area contributed by atoms with Gasteiger partial charge in [-0.05, 0) is 39.8 Å². The lowest BCUT2D eigenvalue weighted by Gasteiger charge is -2.31. The van der Waals surface area contributed by atoms with Crippen molar-refractivity contribution < 1.29 is 0 Å². The van der Waals surface area contributed by atoms with Crippen LogP contribution in [0.15, 0.2) is 23.0 Å². The topological polar surface area (TPSA) is 34.9 Å². The van der Waals surface area contributed by atoms with E-state index in [9.17, 15) is 4.79 Å². The van der Waals surface area contributed by atoms with Gasteiger partial charge in [0.1, 0.15) is 5.82 Å². The molecule has 0 spiro atoms. The van der Waals surface area contributed by atoms with Gasteiger partial charge in [0.15, 0.2) is 0 Å². The quantitative estimate of drug-likeness (QED) is 0.732. The van der Waals surface area contributed by atoms with Crippen LogP contribution in [0.25, 0.3) is 10.9 Å². The van der Waals surface area contributed by atoms with Gasteiger partial charge in [-0.1, -0.05) is 32.4 Å². The van der Waals surface area contributed by atoms with Crippen molar-refractivity contribution in [2.24, 2.45) is 0 Å². The predicted molar refractivity (Wildman–Crippen MR) is 84.4 cm³/mol. The second-order valence-corrected chi connectivity index (χ2v) is 7.52. The highest BCUT2D eigenvalue weighted by atomic mass is 16.1. The molecule has 2 aromatic rings. The summed E-state index contributed by atoms with van der Waals surface area (Å²) in [7, 11) is 0. The van der Waals surface area contributed by atoms with E-state index in [2.05, 4.69) is 20.8 Å². The van der Waals surface area contributed by atoms with Crippen molar-refractivity contribution in [2.45, 2.75) is 59.4 Å². The summed E-state index contributed by atoms with van der Waals surface area (Å²) in [5.41, 5.74) is 1.46. The average Bonchev–Trinajstić information content (AvgIpc) is 2.26. The van der Waals surface area contributed by atoms with Crippen LogP contribution in [-0.2, 0) is 11.0 Å². The molecule has 1 heterocycles. The van der Waals surface area contributed by atoms with E-state index in [0.29, 0.717) is 5.39 Å². The Hall–Kier alpha value is -1.64. The lowest BCUT2D eigenvalue weighted by molar-refractivity contribution is 0.338. The van der Waals surface area contributed by atoms with Crippen molar-refractivity contribution in [3.05, 3.63) is 39.9 Å². The highest BCUT2D eigenvalue weighted by Gasteiger charge is 2.28. The number of hydrogen-bond donors (Lipinski definition) is 0. The molecule has 0 aliphatic carbocycles. The summed E-state index contributed by atoms with van der Waals surface area (Å²) < 4.78 is 1.84. The zero-order valence-corrected chi connectivity index (χ0v) is 13.5. The van der Waals surface area contributed by atoms with Crippen LogP contribution in [0.4, 0.5) is 0 Å². The molecule has 1 aromatic heterocycles. The minimum absolute atomic E-state index is 0.0520. The Morgan fingerprint density at radius 1 is 1.05 bits per heavy atom. The number of aryl methyl sites for hydroxylation is 1.